The zero-order valence-corrected chi connectivity index (χ0v) is 24.9. The first-order valence-electron chi connectivity index (χ1n) is 13.8. The fourth-order valence-corrected chi connectivity index (χ4v) is 4.11. The number of nitrogens with zero attached hydrogens (tertiary/aromatic N) is 1. The molecule has 0 spiro atoms. The standard InChI is InChI=1S/C27H33N3O7.C3H8N.ClH/c1-18(36-16-19-9-4-2-5-10-19)24(27(34)35)29-25(32)22-13-8-14-30(22)26(33)21(28)15-23(31)37-17-20-11-6-3-7-12-20;1-2-3-4;/h2-7,9-12,18,21-22,24H,8,13-17,28H2,1H3,(H,29,32)(H,34,35);4H,2-3H2,1H3;1H/q;-1;/t18-,21+,22+,24+;;/m1../s1. The number of rotatable bonds is 13. The second kappa shape index (κ2) is 19.6. The lowest BCUT2D eigenvalue weighted by atomic mass is 10.1. The molecule has 2 aromatic rings. The highest BCUT2D eigenvalue weighted by Crippen LogP contribution is 2.20. The maximum absolute atomic E-state index is 13.0. The molecule has 1 fully saturated rings. The molecule has 2 amide bonds. The first kappa shape index (κ1) is 36.5. The number of carbonyl (C=O) groups excluding carboxylic acids is 3. The molecule has 232 valence electrons. The van der Waals surface area contributed by atoms with Crippen LogP contribution >= 0.6 is 12.4 Å². The molecule has 3 rings (SSSR count). The molecule has 42 heavy (non-hydrogen) atoms. The SMILES string of the molecule is CCC[NH-].C[C@@H](OCc1ccccc1)[C@H](NC(=O)[C@@H]1CCCN1C(=O)[C@@H](N)CC(=O)OCc1ccccc1)C(=O)O.Cl. The lowest BCUT2D eigenvalue weighted by Gasteiger charge is -2.29. The summed E-state index contributed by atoms with van der Waals surface area (Å²) >= 11 is 0. The van der Waals surface area contributed by atoms with Crippen LogP contribution in [0.15, 0.2) is 60.7 Å². The number of esters is 1. The summed E-state index contributed by atoms with van der Waals surface area (Å²) < 4.78 is 10.9. The van der Waals surface area contributed by atoms with Gasteiger partial charge in [-0.2, -0.15) is 6.54 Å². The number of halogens is 1. The van der Waals surface area contributed by atoms with E-state index in [1.807, 2.05) is 67.6 Å². The van der Waals surface area contributed by atoms with Crippen molar-refractivity contribution in [1.82, 2.24) is 10.2 Å². The summed E-state index contributed by atoms with van der Waals surface area (Å²) in [7, 11) is 0. The number of benzene rings is 2. The smallest absolute Gasteiger partial charge is 0.328 e. The van der Waals surface area contributed by atoms with Crippen molar-refractivity contribution in [2.45, 2.75) is 77.0 Å². The van der Waals surface area contributed by atoms with Gasteiger partial charge < -0.3 is 36.3 Å². The molecule has 0 radical (unpaired) electrons. The largest absolute Gasteiger partial charge is 0.677 e. The molecule has 1 heterocycles. The summed E-state index contributed by atoms with van der Waals surface area (Å²) in [4.78, 5) is 51.3. The second-order valence-electron chi connectivity index (χ2n) is 9.72. The molecule has 0 aliphatic carbocycles. The number of ether oxygens (including phenoxy) is 2. The van der Waals surface area contributed by atoms with Gasteiger partial charge in [-0.05, 0) is 30.9 Å². The van der Waals surface area contributed by atoms with Gasteiger partial charge in [0.05, 0.1) is 25.2 Å². The van der Waals surface area contributed by atoms with Gasteiger partial charge in [0, 0.05) is 6.54 Å². The van der Waals surface area contributed by atoms with Gasteiger partial charge in [0.25, 0.3) is 0 Å². The summed E-state index contributed by atoms with van der Waals surface area (Å²) in [6, 6.07) is 15.0. The van der Waals surface area contributed by atoms with E-state index in [1.54, 1.807) is 6.92 Å². The topological polar surface area (TPSA) is 172 Å². The molecule has 0 unspecified atom stereocenters. The normalized spacial score (nSPS) is 16.1. The Morgan fingerprint density at radius 2 is 1.60 bits per heavy atom. The summed E-state index contributed by atoms with van der Waals surface area (Å²) in [6.45, 7) is 4.66. The Kier molecular flexibility index (Phi) is 17.0. The van der Waals surface area contributed by atoms with E-state index in [0.717, 1.165) is 17.5 Å². The van der Waals surface area contributed by atoms with Crippen LogP contribution in [-0.4, -0.2) is 71.1 Å². The first-order chi connectivity index (χ1) is 19.7. The summed E-state index contributed by atoms with van der Waals surface area (Å²) in [5.41, 5.74) is 14.1. The van der Waals surface area contributed by atoms with Crippen LogP contribution in [0.2, 0.25) is 0 Å². The lowest BCUT2D eigenvalue weighted by Crippen LogP contribution is -2.56. The van der Waals surface area contributed by atoms with Gasteiger partial charge in [0.15, 0.2) is 6.04 Å². The molecule has 11 nitrogen and oxygen atoms in total. The van der Waals surface area contributed by atoms with E-state index in [2.05, 4.69) is 5.32 Å². The molecule has 12 heteroatoms. The maximum atomic E-state index is 13.0. The number of likely N-dealkylation sites (tertiary alicyclic amines) is 1. The van der Waals surface area contributed by atoms with Crippen LogP contribution < -0.4 is 11.1 Å². The van der Waals surface area contributed by atoms with Crippen molar-refractivity contribution in [2.24, 2.45) is 5.73 Å². The Hall–Kier alpha value is -3.51. The average Bonchev–Trinajstić information content (AvgIpc) is 3.48. The van der Waals surface area contributed by atoms with Crippen molar-refractivity contribution in [3.63, 3.8) is 0 Å². The zero-order valence-electron chi connectivity index (χ0n) is 24.1. The van der Waals surface area contributed by atoms with Gasteiger partial charge in [-0.1, -0.05) is 74.0 Å². The maximum Gasteiger partial charge on any atom is 0.328 e. The number of carboxylic acid groups (broad SMARTS) is 1. The highest BCUT2D eigenvalue weighted by atomic mass is 35.5. The fraction of sp³-hybridized carbons (Fsp3) is 0.467. The van der Waals surface area contributed by atoms with Crippen LogP contribution in [0.25, 0.3) is 5.73 Å². The van der Waals surface area contributed by atoms with E-state index in [1.165, 1.54) is 4.90 Å². The minimum absolute atomic E-state index is 0. The average molecular weight is 606 g/mol. The van der Waals surface area contributed by atoms with Gasteiger partial charge in [-0.3, -0.25) is 14.4 Å². The van der Waals surface area contributed by atoms with Crippen molar-refractivity contribution in [1.29, 1.82) is 0 Å². The molecule has 0 aromatic heterocycles. The number of carbonyl (C=O) groups is 4. The molecule has 0 bridgehead atoms. The van der Waals surface area contributed by atoms with Gasteiger partial charge >= 0.3 is 11.9 Å². The van der Waals surface area contributed by atoms with Crippen LogP contribution in [0.1, 0.15) is 50.7 Å². The van der Waals surface area contributed by atoms with E-state index >= 15 is 0 Å². The second-order valence-corrected chi connectivity index (χ2v) is 9.72. The van der Waals surface area contributed by atoms with Crippen LogP contribution in [0.4, 0.5) is 0 Å². The van der Waals surface area contributed by atoms with Gasteiger partial charge in [-0.15, -0.1) is 12.4 Å². The third-order valence-corrected chi connectivity index (χ3v) is 6.42. The molecule has 1 aliphatic rings. The number of aliphatic carboxylic acids is 1. The summed E-state index contributed by atoms with van der Waals surface area (Å²) in [6.07, 6.45) is 0.730. The van der Waals surface area contributed by atoms with Crippen LogP contribution in [0.5, 0.6) is 0 Å². The first-order valence-corrected chi connectivity index (χ1v) is 13.8. The van der Waals surface area contributed by atoms with E-state index in [-0.39, 0.29) is 38.6 Å². The highest BCUT2D eigenvalue weighted by Gasteiger charge is 2.39. The lowest BCUT2D eigenvalue weighted by molar-refractivity contribution is -0.150. The van der Waals surface area contributed by atoms with Crippen molar-refractivity contribution in [2.75, 3.05) is 13.1 Å². The molecule has 1 saturated heterocycles. The molecule has 2 aromatic carbocycles. The molecule has 5 N–H and O–H groups in total. The molecule has 4 atom stereocenters. The summed E-state index contributed by atoms with van der Waals surface area (Å²) in [5.74, 6) is -3.04. The Bertz CT molecular complexity index is 1110. The Balaban J connectivity index is 0.00000165. The molecular weight excluding hydrogens is 564 g/mol. The number of hydrogen-bond acceptors (Lipinski definition) is 7. The van der Waals surface area contributed by atoms with E-state index < -0.39 is 48.0 Å². The number of nitrogens with one attached hydrogen (secondary N) is 2. The third-order valence-electron chi connectivity index (χ3n) is 6.42. The molecule has 1 aliphatic heterocycles. The van der Waals surface area contributed by atoms with Gasteiger partial charge in [0.1, 0.15) is 12.6 Å². The number of hydrogen-bond donors (Lipinski definition) is 3. The number of nitrogens with two attached hydrogens (primary N) is 1. The van der Waals surface area contributed by atoms with Crippen LogP contribution in [0, 0.1) is 0 Å². The fourth-order valence-electron chi connectivity index (χ4n) is 4.11. The van der Waals surface area contributed by atoms with Gasteiger partial charge in [0.2, 0.25) is 11.8 Å². The minimum atomic E-state index is -1.31. The number of amides is 2. The predicted molar refractivity (Wildman–Crippen MR) is 161 cm³/mol. The van der Waals surface area contributed by atoms with Crippen molar-refractivity contribution in [3.8, 4) is 0 Å². The highest BCUT2D eigenvalue weighted by molar-refractivity contribution is 5.93. The molecule has 0 saturated carbocycles. The van der Waals surface area contributed by atoms with E-state index in [4.69, 9.17) is 20.9 Å². The van der Waals surface area contributed by atoms with Crippen LogP contribution in [0.3, 0.4) is 0 Å². The molecular formula is C30H42ClN4O7-. The Labute approximate surface area is 253 Å². The summed E-state index contributed by atoms with van der Waals surface area (Å²) in [5, 5.41) is 12.2. The van der Waals surface area contributed by atoms with Crippen molar-refractivity contribution >= 4 is 36.2 Å². The van der Waals surface area contributed by atoms with Crippen LogP contribution in [-0.2, 0) is 41.9 Å². The number of carboxylic acids is 1. The third kappa shape index (κ3) is 12.2. The minimum Gasteiger partial charge on any atom is -0.677 e. The van der Waals surface area contributed by atoms with Gasteiger partial charge in [-0.25, -0.2) is 4.79 Å². The quantitative estimate of drug-likeness (QED) is 0.291. The zero-order chi connectivity index (χ0) is 30.2. The Morgan fingerprint density at radius 1 is 1.05 bits per heavy atom. The Morgan fingerprint density at radius 3 is 2.12 bits per heavy atom. The predicted octanol–water partition coefficient (Wildman–Crippen LogP) is 3.48. The van der Waals surface area contributed by atoms with E-state index in [0.29, 0.717) is 19.4 Å². The van der Waals surface area contributed by atoms with Crippen molar-refractivity contribution in [3.05, 3.63) is 77.5 Å². The van der Waals surface area contributed by atoms with Crippen molar-refractivity contribution < 1.29 is 33.8 Å². The monoisotopic (exact) mass is 605 g/mol. The van der Waals surface area contributed by atoms with E-state index in [9.17, 15) is 24.3 Å².